The zero-order valence-corrected chi connectivity index (χ0v) is 17.1. The number of carbonyl (C=O) groups is 1. The molecule has 1 heterocycles. The van der Waals surface area contributed by atoms with Gasteiger partial charge in [-0.25, -0.2) is 4.98 Å². The summed E-state index contributed by atoms with van der Waals surface area (Å²) in [6, 6.07) is 12.9. The number of nitrogens with one attached hydrogen (secondary N) is 1. The van der Waals surface area contributed by atoms with Crippen molar-refractivity contribution in [2.75, 3.05) is 6.54 Å². The molecule has 3 aromatic rings. The lowest BCUT2D eigenvalue weighted by Gasteiger charge is -2.15. The molecule has 1 saturated carbocycles. The fraction of sp³-hybridized carbons (Fsp3) is 0.417. The third kappa shape index (κ3) is 3.96. The molecule has 1 N–H and O–H groups in total. The molecule has 1 fully saturated rings. The Morgan fingerprint density at radius 2 is 1.86 bits per heavy atom. The summed E-state index contributed by atoms with van der Waals surface area (Å²) in [6.07, 6.45) is 3.88. The first kappa shape index (κ1) is 18.7. The topological polar surface area (TPSA) is 46.9 Å². The minimum absolute atomic E-state index is 0.222. The van der Waals surface area contributed by atoms with Crippen LogP contribution in [0.5, 0.6) is 0 Å². The summed E-state index contributed by atoms with van der Waals surface area (Å²) < 4.78 is 2.35. The van der Waals surface area contributed by atoms with E-state index in [2.05, 4.69) is 61.0 Å². The van der Waals surface area contributed by atoms with Crippen LogP contribution in [0, 0.1) is 26.7 Å². The minimum Gasteiger partial charge on any atom is -0.356 e. The van der Waals surface area contributed by atoms with Gasteiger partial charge in [0.1, 0.15) is 5.82 Å². The number of benzene rings is 2. The molecular weight excluding hydrogens is 346 g/mol. The van der Waals surface area contributed by atoms with Crippen molar-refractivity contribution in [3.05, 3.63) is 64.5 Å². The summed E-state index contributed by atoms with van der Waals surface area (Å²) >= 11 is 0. The number of imidazole rings is 1. The van der Waals surface area contributed by atoms with Crippen molar-refractivity contribution < 1.29 is 4.79 Å². The summed E-state index contributed by atoms with van der Waals surface area (Å²) in [4.78, 5) is 16.7. The predicted octanol–water partition coefficient (Wildman–Crippen LogP) is 4.47. The lowest BCUT2D eigenvalue weighted by molar-refractivity contribution is -0.122. The Labute approximate surface area is 167 Å². The van der Waals surface area contributed by atoms with Crippen LogP contribution in [0.2, 0.25) is 0 Å². The molecule has 1 amide bonds. The Bertz CT molecular complexity index is 991. The van der Waals surface area contributed by atoms with E-state index in [1.54, 1.807) is 0 Å². The van der Waals surface area contributed by atoms with E-state index in [4.69, 9.17) is 4.98 Å². The second-order valence-electron chi connectivity index (χ2n) is 8.15. The van der Waals surface area contributed by atoms with Gasteiger partial charge in [0.2, 0.25) is 5.91 Å². The molecule has 0 aliphatic heterocycles. The lowest BCUT2D eigenvalue weighted by Crippen LogP contribution is -2.26. The van der Waals surface area contributed by atoms with E-state index in [-0.39, 0.29) is 11.8 Å². The van der Waals surface area contributed by atoms with Gasteiger partial charge in [0.25, 0.3) is 0 Å². The summed E-state index contributed by atoms with van der Waals surface area (Å²) in [6.45, 7) is 8.10. The summed E-state index contributed by atoms with van der Waals surface area (Å²) in [5, 5.41) is 3.07. The van der Waals surface area contributed by atoms with Gasteiger partial charge in [-0.1, -0.05) is 29.8 Å². The van der Waals surface area contributed by atoms with Crippen LogP contribution >= 0.6 is 0 Å². The van der Waals surface area contributed by atoms with Gasteiger partial charge in [-0.05, 0) is 68.9 Å². The van der Waals surface area contributed by atoms with Gasteiger partial charge in [0, 0.05) is 25.4 Å². The number of amides is 1. The van der Waals surface area contributed by atoms with Crippen LogP contribution in [0.4, 0.5) is 0 Å². The van der Waals surface area contributed by atoms with Crippen LogP contribution in [0.15, 0.2) is 36.4 Å². The van der Waals surface area contributed by atoms with E-state index in [1.807, 2.05) is 6.07 Å². The first-order valence-corrected chi connectivity index (χ1v) is 10.3. The minimum atomic E-state index is 0.222. The molecule has 0 bridgehead atoms. The number of para-hydroxylation sites is 2. The zero-order chi connectivity index (χ0) is 19.7. The van der Waals surface area contributed by atoms with E-state index in [9.17, 15) is 4.79 Å². The summed E-state index contributed by atoms with van der Waals surface area (Å²) in [7, 11) is 0. The summed E-state index contributed by atoms with van der Waals surface area (Å²) in [5.74, 6) is 1.60. The fourth-order valence-corrected chi connectivity index (χ4v) is 4.06. The van der Waals surface area contributed by atoms with E-state index in [1.165, 1.54) is 27.8 Å². The number of aromatic nitrogens is 2. The van der Waals surface area contributed by atoms with Gasteiger partial charge in [-0.3, -0.25) is 4.79 Å². The highest BCUT2D eigenvalue weighted by Crippen LogP contribution is 2.28. The molecule has 1 aromatic heterocycles. The molecule has 4 nitrogen and oxygen atoms in total. The molecule has 28 heavy (non-hydrogen) atoms. The van der Waals surface area contributed by atoms with Crippen molar-refractivity contribution in [1.29, 1.82) is 0 Å². The van der Waals surface area contributed by atoms with Crippen LogP contribution in [-0.4, -0.2) is 22.0 Å². The number of fused-ring (bicyclic) bond motifs is 1. The normalized spacial score (nSPS) is 13.8. The third-order valence-corrected chi connectivity index (χ3v) is 5.71. The Morgan fingerprint density at radius 3 is 2.57 bits per heavy atom. The van der Waals surface area contributed by atoms with Gasteiger partial charge in [0.15, 0.2) is 0 Å². The highest BCUT2D eigenvalue weighted by atomic mass is 16.2. The number of nitrogens with zero attached hydrogens (tertiary/aromatic N) is 2. The molecule has 0 spiro atoms. The largest absolute Gasteiger partial charge is 0.356 e. The zero-order valence-electron chi connectivity index (χ0n) is 17.1. The van der Waals surface area contributed by atoms with Crippen molar-refractivity contribution >= 4 is 16.9 Å². The number of hydrogen-bond acceptors (Lipinski definition) is 2. The van der Waals surface area contributed by atoms with Gasteiger partial charge in [-0.2, -0.15) is 0 Å². The van der Waals surface area contributed by atoms with Gasteiger partial charge >= 0.3 is 0 Å². The van der Waals surface area contributed by atoms with Crippen molar-refractivity contribution in [2.45, 2.75) is 53.0 Å². The number of hydrogen-bond donors (Lipinski definition) is 1. The predicted molar refractivity (Wildman–Crippen MR) is 114 cm³/mol. The van der Waals surface area contributed by atoms with Crippen molar-refractivity contribution in [3.8, 4) is 0 Å². The fourth-order valence-electron chi connectivity index (χ4n) is 4.06. The maximum absolute atomic E-state index is 11.8. The number of rotatable bonds is 7. The summed E-state index contributed by atoms with van der Waals surface area (Å²) in [5.41, 5.74) is 7.56. The van der Waals surface area contributed by atoms with E-state index in [0.29, 0.717) is 0 Å². The van der Waals surface area contributed by atoms with E-state index in [0.717, 1.165) is 50.1 Å². The molecule has 0 unspecified atom stereocenters. The first-order valence-electron chi connectivity index (χ1n) is 10.3. The molecule has 0 atom stereocenters. The Balaban J connectivity index is 1.56. The monoisotopic (exact) mass is 375 g/mol. The second-order valence-corrected chi connectivity index (χ2v) is 8.15. The van der Waals surface area contributed by atoms with Crippen LogP contribution in [0.3, 0.4) is 0 Å². The standard InChI is InChI=1S/C24H29N3O/c1-16-13-17(2)20(18(3)14-16)15-27-22-8-5-4-7-21(22)26-23(27)9-6-12-25-24(28)19-10-11-19/h4-5,7-8,13-14,19H,6,9-12,15H2,1-3H3,(H,25,28). The molecule has 4 heteroatoms. The van der Waals surface area contributed by atoms with Crippen LogP contribution < -0.4 is 5.32 Å². The molecule has 0 saturated heterocycles. The average molecular weight is 376 g/mol. The number of carbonyl (C=O) groups excluding carboxylic acids is 1. The Hall–Kier alpha value is -2.62. The molecule has 0 radical (unpaired) electrons. The molecule has 146 valence electrons. The SMILES string of the molecule is Cc1cc(C)c(Cn2c(CCCNC(=O)C3CC3)nc3ccccc32)c(C)c1. The highest BCUT2D eigenvalue weighted by Gasteiger charge is 2.29. The maximum atomic E-state index is 11.8. The van der Waals surface area contributed by atoms with E-state index < -0.39 is 0 Å². The molecule has 1 aliphatic carbocycles. The van der Waals surface area contributed by atoms with Crippen LogP contribution in [-0.2, 0) is 17.8 Å². The quantitative estimate of drug-likeness (QED) is 0.620. The van der Waals surface area contributed by atoms with Crippen molar-refractivity contribution in [2.24, 2.45) is 5.92 Å². The molecule has 1 aliphatic rings. The van der Waals surface area contributed by atoms with Crippen molar-refractivity contribution in [1.82, 2.24) is 14.9 Å². The van der Waals surface area contributed by atoms with Crippen molar-refractivity contribution in [3.63, 3.8) is 0 Å². The number of aryl methyl sites for hydroxylation is 4. The highest BCUT2D eigenvalue weighted by molar-refractivity contribution is 5.80. The first-order chi connectivity index (χ1) is 13.5. The second kappa shape index (κ2) is 7.78. The van der Waals surface area contributed by atoms with E-state index >= 15 is 0 Å². The maximum Gasteiger partial charge on any atom is 0.223 e. The molecular formula is C24H29N3O. The average Bonchev–Trinajstić information content (AvgIpc) is 3.45. The van der Waals surface area contributed by atoms with Gasteiger partial charge in [-0.15, -0.1) is 0 Å². The molecule has 4 rings (SSSR count). The third-order valence-electron chi connectivity index (χ3n) is 5.71. The smallest absolute Gasteiger partial charge is 0.223 e. The van der Waals surface area contributed by atoms with Crippen LogP contribution in [0.1, 0.15) is 47.3 Å². The van der Waals surface area contributed by atoms with Gasteiger partial charge in [0.05, 0.1) is 11.0 Å². The Morgan fingerprint density at radius 1 is 1.14 bits per heavy atom. The van der Waals surface area contributed by atoms with Gasteiger partial charge < -0.3 is 9.88 Å². The lowest BCUT2D eigenvalue weighted by atomic mass is 9.99. The molecule has 2 aromatic carbocycles. The van der Waals surface area contributed by atoms with Crippen LogP contribution in [0.25, 0.3) is 11.0 Å². The Kier molecular flexibility index (Phi) is 5.21.